The summed E-state index contributed by atoms with van der Waals surface area (Å²) in [6, 6.07) is 0. The van der Waals surface area contributed by atoms with Gasteiger partial charge in [0.25, 0.3) is 0 Å². The molecule has 0 aliphatic carbocycles. The van der Waals surface area contributed by atoms with Gasteiger partial charge in [0, 0.05) is 6.42 Å². The average molecular weight is 213 g/mol. The van der Waals surface area contributed by atoms with Crippen LogP contribution < -0.4 is 0 Å². The van der Waals surface area contributed by atoms with Gasteiger partial charge in [0.2, 0.25) is 0 Å². The maximum atomic E-state index is 10.4. The molecule has 1 unspecified atom stereocenters. The molecule has 0 aromatic heterocycles. The summed E-state index contributed by atoms with van der Waals surface area (Å²) in [5.41, 5.74) is 0. The lowest BCUT2D eigenvalue weighted by molar-refractivity contribution is -0.137. The molecule has 0 fully saturated rings. The average Bonchev–Trinajstić information content (AvgIpc) is 2.22. The van der Waals surface area contributed by atoms with Gasteiger partial charge in [-0.2, -0.15) is 0 Å². The highest BCUT2D eigenvalue weighted by Gasteiger charge is 2.16. The third kappa shape index (κ3) is 6.53. The summed E-state index contributed by atoms with van der Waals surface area (Å²) < 4.78 is 0. The molecule has 0 heterocycles. The van der Waals surface area contributed by atoms with E-state index in [0.717, 1.165) is 12.8 Å². The molecule has 0 aliphatic rings. The molecule has 0 aromatic carbocycles. The fourth-order valence-electron chi connectivity index (χ4n) is 2.19. The lowest BCUT2D eigenvalue weighted by Gasteiger charge is -2.23. The first-order chi connectivity index (χ1) is 7.15. The van der Waals surface area contributed by atoms with E-state index in [0.29, 0.717) is 12.3 Å². The van der Waals surface area contributed by atoms with E-state index in [1.54, 1.807) is 5.92 Å². The lowest BCUT2D eigenvalue weighted by atomic mass is 9.82. The van der Waals surface area contributed by atoms with Gasteiger partial charge in [0.05, 0.1) is 0 Å². The van der Waals surface area contributed by atoms with Crippen LogP contribution in [0.2, 0.25) is 0 Å². The van der Waals surface area contributed by atoms with Crippen LogP contribution in [0.3, 0.4) is 0 Å². The van der Waals surface area contributed by atoms with Crippen molar-refractivity contribution in [2.24, 2.45) is 5.92 Å². The van der Waals surface area contributed by atoms with Gasteiger partial charge in [-0.1, -0.05) is 33.6 Å². The second kappa shape index (κ2) is 8.75. The Hall–Kier alpha value is -0.530. The highest BCUT2D eigenvalue weighted by molar-refractivity contribution is 5.66. The molecule has 89 valence electrons. The maximum Gasteiger partial charge on any atom is 0.303 e. The van der Waals surface area contributed by atoms with Crippen molar-refractivity contribution in [3.63, 3.8) is 0 Å². The third-order valence-corrected chi connectivity index (χ3v) is 3.17. The predicted molar refractivity (Wildman–Crippen MR) is 63.7 cm³/mol. The fourth-order valence-corrected chi connectivity index (χ4v) is 2.19. The Morgan fingerprint density at radius 2 is 1.73 bits per heavy atom. The molecule has 2 heteroatoms. The van der Waals surface area contributed by atoms with E-state index in [-0.39, 0.29) is 0 Å². The van der Waals surface area contributed by atoms with Crippen molar-refractivity contribution < 1.29 is 9.90 Å². The summed E-state index contributed by atoms with van der Waals surface area (Å²) in [5, 5.41) is 8.53. The van der Waals surface area contributed by atoms with Crippen LogP contribution in [-0.2, 0) is 4.79 Å². The SMILES string of the molecule is CC[C](CC)C(CC)CCCCC(=O)O. The van der Waals surface area contributed by atoms with Gasteiger partial charge in [-0.15, -0.1) is 0 Å². The summed E-state index contributed by atoms with van der Waals surface area (Å²) in [6.45, 7) is 6.67. The molecule has 15 heavy (non-hydrogen) atoms. The molecule has 0 spiro atoms. The molecular formula is C13H25O2. The van der Waals surface area contributed by atoms with Gasteiger partial charge in [0.15, 0.2) is 0 Å². The van der Waals surface area contributed by atoms with Crippen LogP contribution in [0.25, 0.3) is 0 Å². The Morgan fingerprint density at radius 1 is 1.13 bits per heavy atom. The van der Waals surface area contributed by atoms with Crippen molar-refractivity contribution in [2.45, 2.75) is 65.7 Å². The van der Waals surface area contributed by atoms with Gasteiger partial charge >= 0.3 is 5.97 Å². The fraction of sp³-hybridized carbons (Fsp3) is 0.846. The summed E-state index contributed by atoms with van der Waals surface area (Å²) >= 11 is 0. The first-order valence-electron chi connectivity index (χ1n) is 6.21. The number of unbranched alkanes of at least 4 members (excludes halogenated alkanes) is 1. The van der Waals surface area contributed by atoms with Gasteiger partial charge < -0.3 is 5.11 Å². The zero-order chi connectivity index (χ0) is 11.7. The number of carboxylic acid groups (broad SMARTS) is 1. The van der Waals surface area contributed by atoms with E-state index in [1.165, 1.54) is 25.7 Å². The molecule has 0 saturated heterocycles. The zero-order valence-corrected chi connectivity index (χ0v) is 10.4. The van der Waals surface area contributed by atoms with Crippen molar-refractivity contribution in [3.05, 3.63) is 5.92 Å². The maximum absolute atomic E-state index is 10.4. The van der Waals surface area contributed by atoms with Crippen molar-refractivity contribution in [1.29, 1.82) is 0 Å². The van der Waals surface area contributed by atoms with Crippen LogP contribution >= 0.6 is 0 Å². The van der Waals surface area contributed by atoms with Gasteiger partial charge in [0.1, 0.15) is 0 Å². The number of carbonyl (C=O) groups is 1. The summed E-state index contributed by atoms with van der Waals surface area (Å²) in [5.74, 6) is 1.69. The molecule has 1 N–H and O–H groups in total. The van der Waals surface area contributed by atoms with Crippen molar-refractivity contribution in [2.75, 3.05) is 0 Å². The second-order valence-corrected chi connectivity index (χ2v) is 4.11. The van der Waals surface area contributed by atoms with Crippen molar-refractivity contribution >= 4 is 5.97 Å². The third-order valence-electron chi connectivity index (χ3n) is 3.17. The van der Waals surface area contributed by atoms with Crippen LogP contribution in [0.4, 0.5) is 0 Å². The Bertz CT molecular complexity index is 162. The van der Waals surface area contributed by atoms with Crippen LogP contribution in [0, 0.1) is 11.8 Å². The van der Waals surface area contributed by atoms with Crippen LogP contribution in [0.15, 0.2) is 0 Å². The van der Waals surface area contributed by atoms with Crippen LogP contribution in [-0.4, -0.2) is 11.1 Å². The molecule has 0 amide bonds. The van der Waals surface area contributed by atoms with Crippen LogP contribution in [0.5, 0.6) is 0 Å². The van der Waals surface area contributed by atoms with Gasteiger partial charge in [-0.25, -0.2) is 0 Å². The molecule has 0 rings (SSSR count). The Balaban J connectivity index is 3.73. The van der Waals surface area contributed by atoms with E-state index in [4.69, 9.17) is 5.11 Å². The predicted octanol–water partition coefficient (Wildman–Crippen LogP) is 4.05. The molecule has 1 radical (unpaired) electrons. The monoisotopic (exact) mass is 213 g/mol. The van der Waals surface area contributed by atoms with Crippen molar-refractivity contribution in [1.82, 2.24) is 0 Å². The molecule has 1 atom stereocenters. The molecule has 0 aliphatic heterocycles. The van der Waals surface area contributed by atoms with E-state index in [1.807, 2.05) is 0 Å². The Labute approximate surface area is 94.1 Å². The topological polar surface area (TPSA) is 37.3 Å². The number of rotatable bonds is 9. The number of carboxylic acids is 1. The minimum atomic E-state index is -0.668. The number of hydrogen-bond acceptors (Lipinski definition) is 1. The van der Waals surface area contributed by atoms with E-state index in [9.17, 15) is 4.79 Å². The molecule has 0 bridgehead atoms. The smallest absolute Gasteiger partial charge is 0.303 e. The molecule has 2 nitrogen and oxygen atoms in total. The lowest BCUT2D eigenvalue weighted by Crippen LogP contribution is -2.10. The Kier molecular flexibility index (Phi) is 8.44. The van der Waals surface area contributed by atoms with Crippen molar-refractivity contribution in [3.8, 4) is 0 Å². The quantitative estimate of drug-likeness (QED) is 0.587. The first-order valence-corrected chi connectivity index (χ1v) is 6.21. The normalized spacial score (nSPS) is 13.1. The van der Waals surface area contributed by atoms with E-state index >= 15 is 0 Å². The first kappa shape index (κ1) is 14.5. The zero-order valence-electron chi connectivity index (χ0n) is 10.4. The number of hydrogen-bond donors (Lipinski definition) is 1. The van der Waals surface area contributed by atoms with E-state index < -0.39 is 5.97 Å². The molecule has 0 saturated carbocycles. The minimum absolute atomic E-state index is 0.323. The minimum Gasteiger partial charge on any atom is -0.481 e. The highest BCUT2D eigenvalue weighted by atomic mass is 16.4. The van der Waals surface area contributed by atoms with Gasteiger partial charge in [-0.3, -0.25) is 4.79 Å². The largest absolute Gasteiger partial charge is 0.481 e. The number of aliphatic carboxylic acids is 1. The summed E-state index contributed by atoms with van der Waals surface area (Å²) in [7, 11) is 0. The highest BCUT2D eigenvalue weighted by Crippen LogP contribution is 2.29. The standard InChI is InChI=1S/C13H25O2/c1-4-11(5-2)12(6-3)9-7-8-10-13(14)15/h12H,4-10H2,1-3H3,(H,14,15). The summed E-state index contributed by atoms with van der Waals surface area (Å²) in [6.07, 6.45) is 6.91. The molecule has 0 aromatic rings. The van der Waals surface area contributed by atoms with E-state index in [2.05, 4.69) is 20.8 Å². The second-order valence-electron chi connectivity index (χ2n) is 4.11. The summed E-state index contributed by atoms with van der Waals surface area (Å²) in [4.78, 5) is 10.4. The van der Waals surface area contributed by atoms with Gasteiger partial charge in [-0.05, 0) is 37.5 Å². The van der Waals surface area contributed by atoms with Crippen LogP contribution in [0.1, 0.15) is 65.7 Å². The Morgan fingerprint density at radius 3 is 2.13 bits per heavy atom. The molecular weight excluding hydrogens is 188 g/mol.